The van der Waals surface area contributed by atoms with Crippen LogP contribution in [0, 0.1) is 5.92 Å². The van der Waals surface area contributed by atoms with E-state index >= 15 is 0 Å². The first-order valence-electron chi connectivity index (χ1n) is 13.9. The van der Waals surface area contributed by atoms with E-state index in [1.807, 2.05) is 42.5 Å². The number of hydrogen-bond donors (Lipinski definition) is 1. The summed E-state index contributed by atoms with van der Waals surface area (Å²) in [4.78, 5) is 31.7. The number of rotatable bonds is 7. The maximum Gasteiger partial charge on any atom is 0.327 e. The quantitative estimate of drug-likeness (QED) is 0.592. The first kappa shape index (κ1) is 25.7. The lowest BCUT2D eigenvalue weighted by molar-refractivity contribution is -0.157. The first-order chi connectivity index (χ1) is 18.1. The van der Waals surface area contributed by atoms with Gasteiger partial charge < -0.3 is 14.7 Å². The van der Waals surface area contributed by atoms with E-state index in [4.69, 9.17) is 4.74 Å². The van der Waals surface area contributed by atoms with Crippen LogP contribution in [0.3, 0.4) is 0 Å². The molecule has 7 nitrogen and oxygen atoms in total. The van der Waals surface area contributed by atoms with Crippen molar-refractivity contribution in [3.8, 4) is 11.5 Å². The molecule has 0 spiro atoms. The van der Waals surface area contributed by atoms with E-state index in [-0.39, 0.29) is 11.8 Å². The number of amides is 1. The number of para-hydroxylation sites is 1. The highest BCUT2D eigenvalue weighted by Gasteiger charge is 2.40. The molecule has 0 aromatic heterocycles. The second kappa shape index (κ2) is 12.1. The highest BCUT2D eigenvalue weighted by molar-refractivity contribution is 5.85. The second-order valence-corrected chi connectivity index (χ2v) is 10.8. The molecule has 0 radical (unpaired) electrons. The molecule has 2 aromatic carbocycles. The predicted molar refractivity (Wildman–Crippen MR) is 143 cm³/mol. The van der Waals surface area contributed by atoms with Gasteiger partial charge in [0.2, 0.25) is 5.91 Å². The highest BCUT2D eigenvalue weighted by atomic mass is 16.5. The Labute approximate surface area is 220 Å². The number of hydrogen-bond acceptors (Lipinski definition) is 5. The van der Waals surface area contributed by atoms with Gasteiger partial charge in [0.1, 0.15) is 17.5 Å². The number of carboxylic acid groups (broad SMARTS) is 1. The molecule has 2 aromatic rings. The Morgan fingerprint density at radius 1 is 0.811 bits per heavy atom. The molecular weight excluding hydrogens is 466 g/mol. The van der Waals surface area contributed by atoms with Gasteiger partial charge in [0.25, 0.3) is 0 Å². The third kappa shape index (κ3) is 6.51. The van der Waals surface area contributed by atoms with Crippen LogP contribution in [0.25, 0.3) is 0 Å². The lowest BCUT2D eigenvalue weighted by atomic mass is 9.87. The van der Waals surface area contributed by atoms with Crippen molar-refractivity contribution < 1.29 is 19.4 Å². The summed E-state index contributed by atoms with van der Waals surface area (Å²) in [6.45, 7) is 4.64. The number of piperidine rings is 1. The molecule has 1 saturated carbocycles. The third-order valence-electron chi connectivity index (χ3n) is 8.32. The number of ether oxygens (including phenoxy) is 1. The molecule has 1 amide bonds. The standard InChI is InChI=1S/C30H39N3O4/c34-29(24-7-3-1-4-8-24)33-20-19-32(22-28(33)30(35)36)25-15-17-31(18-16-25)21-23-11-13-27(14-12-23)37-26-9-5-2-6-10-26/h2,5-6,9-14,24-25,28H,1,3-4,7-8,15-22H2,(H,35,36). The van der Waals surface area contributed by atoms with Crippen molar-refractivity contribution in [2.24, 2.45) is 5.92 Å². The first-order valence-corrected chi connectivity index (χ1v) is 13.9. The Hall–Kier alpha value is -2.90. The molecule has 2 heterocycles. The Balaban J connectivity index is 1.10. The Morgan fingerprint density at radius 3 is 2.16 bits per heavy atom. The molecule has 0 bridgehead atoms. The van der Waals surface area contributed by atoms with Gasteiger partial charge in [-0.3, -0.25) is 14.6 Å². The van der Waals surface area contributed by atoms with Crippen molar-refractivity contribution in [1.82, 2.24) is 14.7 Å². The Kier molecular flexibility index (Phi) is 8.41. The minimum absolute atomic E-state index is 0.0179. The van der Waals surface area contributed by atoms with Crippen molar-refractivity contribution in [3.05, 3.63) is 60.2 Å². The molecule has 2 aliphatic heterocycles. The molecule has 5 rings (SSSR count). The number of likely N-dealkylation sites (tertiary alicyclic amines) is 1. The zero-order valence-electron chi connectivity index (χ0n) is 21.6. The smallest absolute Gasteiger partial charge is 0.327 e. The average molecular weight is 506 g/mol. The maximum absolute atomic E-state index is 13.1. The molecule has 2 saturated heterocycles. The van der Waals surface area contributed by atoms with Crippen molar-refractivity contribution in [1.29, 1.82) is 0 Å². The van der Waals surface area contributed by atoms with E-state index in [0.717, 1.165) is 76.2 Å². The van der Waals surface area contributed by atoms with E-state index in [1.165, 1.54) is 12.0 Å². The largest absolute Gasteiger partial charge is 0.480 e. The summed E-state index contributed by atoms with van der Waals surface area (Å²) in [5.41, 5.74) is 1.26. The van der Waals surface area contributed by atoms with Crippen LogP contribution in [0.1, 0.15) is 50.5 Å². The number of carbonyl (C=O) groups excluding carboxylic acids is 1. The van der Waals surface area contributed by atoms with Gasteiger partial charge in [-0.15, -0.1) is 0 Å². The summed E-state index contributed by atoms with van der Waals surface area (Å²) >= 11 is 0. The predicted octanol–water partition coefficient (Wildman–Crippen LogP) is 4.62. The molecule has 1 aliphatic carbocycles. The van der Waals surface area contributed by atoms with Crippen LogP contribution in [0.5, 0.6) is 11.5 Å². The second-order valence-electron chi connectivity index (χ2n) is 10.8. The zero-order chi connectivity index (χ0) is 25.6. The highest BCUT2D eigenvalue weighted by Crippen LogP contribution is 2.29. The van der Waals surface area contributed by atoms with Crippen LogP contribution in [0.2, 0.25) is 0 Å². The molecule has 37 heavy (non-hydrogen) atoms. The van der Waals surface area contributed by atoms with E-state index in [1.54, 1.807) is 4.90 Å². The minimum atomic E-state index is -0.869. The molecule has 3 fully saturated rings. The maximum atomic E-state index is 13.1. The summed E-state index contributed by atoms with van der Waals surface area (Å²) in [5.74, 6) is 0.890. The molecule has 7 heteroatoms. The fraction of sp³-hybridized carbons (Fsp3) is 0.533. The van der Waals surface area contributed by atoms with Crippen LogP contribution < -0.4 is 4.74 Å². The monoisotopic (exact) mass is 505 g/mol. The van der Waals surface area contributed by atoms with Crippen LogP contribution in [0.4, 0.5) is 0 Å². The molecule has 1 unspecified atom stereocenters. The SMILES string of the molecule is O=C(O)C1CN(C2CCN(Cc3ccc(Oc4ccccc4)cc3)CC2)CCN1C(=O)C1CCCCC1. The van der Waals surface area contributed by atoms with Crippen molar-refractivity contribution in [3.63, 3.8) is 0 Å². The van der Waals surface area contributed by atoms with Gasteiger partial charge in [-0.2, -0.15) is 0 Å². The summed E-state index contributed by atoms with van der Waals surface area (Å²) < 4.78 is 5.90. The van der Waals surface area contributed by atoms with Crippen LogP contribution >= 0.6 is 0 Å². The van der Waals surface area contributed by atoms with Gasteiger partial charge >= 0.3 is 5.97 Å². The van der Waals surface area contributed by atoms with E-state index in [2.05, 4.69) is 21.9 Å². The van der Waals surface area contributed by atoms with Gasteiger partial charge in [-0.25, -0.2) is 4.79 Å². The van der Waals surface area contributed by atoms with E-state index in [9.17, 15) is 14.7 Å². The number of carbonyl (C=O) groups is 2. The van der Waals surface area contributed by atoms with Crippen LogP contribution in [-0.4, -0.2) is 76.5 Å². The van der Waals surface area contributed by atoms with Crippen molar-refractivity contribution >= 4 is 11.9 Å². The van der Waals surface area contributed by atoms with Gasteiger partial charge in [-0.1, -0.05) is 49.6 Å². The summed E-state index contributed by atoms with van der Waals surface area (Å²) in [5, 5.41) is 9.94. The van der Waals surface area contributed by atoms with Gasteiger partial charge in [-0.05, 0) is 68.6 Å². The van der Waals surface area contributed by atoms with E-state index < -0.39 is 12.0 Å². The average Bonchev–Trinajstić information content (AvgIpc) is 2.95. The van der Waals surface area contributed by atoms with Crippen molar-refractivity contribution in [2.45, 2.75) is 63.6 Å². The van der Waals surface area contributed by atoms with Crippen molar-refractivity contribution in [2.75, 3.05) is 32.7 Å². The lowest BCUT2D eigenvalue weighted by Crippen LogP contribution is -2.62. The summed E-state index contributed by atoms with van der Waals surface area (Å²) in [6, 6.07) is 17.8. The van der Waals surface area contributed by atoms with Crippen LogP contribution in [0.15, 0.2) is 54.6 Å². The number of carboxylic acids is 1. The molecule has 198 valence electrons. The fourth-order valence-corrected chi connectivity index (χ4v) is 6.18. The normalized spacial score (nSPS) is 22.6. The summed E-state index contributed by atoms with van der Waals surface area (Å²) in [7, 11) is 0. The van der Waals surface area contributed by atoms with Gasteiger partial charge in [0.05, 0.1) is 0 Å². The van der Waals surface area contributed by atoms with Gasteiger partial charge in [0, 0.05) is 38.1 Å². The Morgan fingerprint density at radius 2 is 1.49 bits per heavy atom. The number of aliphatic carboxylic acids is 1. The number of benzene rings is 2. The summed E-state index contributed by atoms with van der Waals surface area (Å²) in [6.07, 6.45) is 7.22. The molecule has 1 N–H and O–H groups in total. The van der Waals surface area contributed by atoms with Gasteiger partial charge in [0.15, 0.2) is 0 Å². The number of nitrogens with zero attached hydrogens (tertiary/aromatic N) is 3. The molecular formula is C30H39N3O4. The molecule has 3 aliphatic rings. The fourth-order valence-electron chi connectivity index (χ4n) is 6.18. The minimum Gasteiger partial charge on any atom is -0.480 e. The number of piperazine rings is 1. The lowest BCUT2D eigenvalue weighted by Gasteiger charge is -2.46. The molecule has 1 atom stereocenters. The third-order valence-corrected chi connectivity index (χ3v) is 8.32. The topological polar surface area (TPSA) is 73.3 Å². The van der Waals surface area contributed by atoms with Crippen LogP contribution in [-0.2, 0) is 16.1 Å². The Bertz CT molecular complexity index is 1030. The zero-order valence-corrected chi connectivity index (χ0v) is 21.6. The van der Waals surface area contributed by atoms with E-state index in [0.29, 0.717) is 19.1 Å².